The highest BCUT2D eigenvalue weighted by atomic mass is 16.2. The van der Waals surface area contributed by atoms with Crippen LogP contribution in [0.1, 0.15) is 28.8 Å². The van der Waals surface area contributed by atoms with E-state index in [1.807, 2.05) is 47.4 Å². The van der Waals surface area contributed by atoms with Crippen LogP contribution in [0.15, 0.2) is 67.0 Å². The Bertz CT molecular complexity index is 982. The molecule has 0 radical (unpaired) electrons. The van der Waals surface area contributed by atoms with E-state index in [4.69, 9.17) is 0 Å². The first-order valence-electron chi connectivity index (χ1n) is 9.66. The number of nitrogens with one attached hydrogen (secondary N) is 1. The summed E-state index contributed by atoms with van der Waals surface area (Å²) in [4.78, 5) is 31.1. The zero-order valence-electron chi connectivity index (χ0n) is 15.7. The Hall–Kier alpha value is -3.21. The maximum atomic E-state index is 12.8. The number of fused-ring (bicyclic) bond motifs is 1. The predicted octanol–water partition coefficient (Wildman–Crippen LogP) is 3.20. The Labute approximate surface area is 164 Å². The molecular formula is C23H23N3O2. The average Bonchev–Trinajstić information content (AvgIpc) is 3.07. The van der Waals surface area contributed by atoms with Crippen LogP contribution in [0.5, 0.6) is 0 Å². The molecule has 1 aliphatic heterocycles. The number of aromatic nitrogens is 1. The number of hydrogen-bond acceptors (Lipinski definition) is 3. The standard InChI is InChI=1S/C23H23N3O2/c27-22-14-19(16-26(22)13-5-8-17-6-2-1-3-7-17)25-23(28)21-10-4-9-18-15-24-12-11-20(18)21/h1-4,6-7,9-12,15,19H,5,8,13-14,16H2,(H,25,28)/t19-/m1/s1. The van der Waals surface area contributed by atoms with Crippen molar-refractivity contribution in [2.75, 3.05) is 13.1 Å². The summed E-state index contributed by atoms with van der Waals surface area (Å²) in [5.41, 5.74) is 1.90. The Kier molecular flexibility index (Phi) is 5.33. The molecule has 3 aromatic rings. The van der Waals surface area contributed by atoms with Crippen LogP contribution in [0.25, 0.3) is 10.8 Å². The summed E-state index contributed by atoms with van der Waals surface area (Å²) in [6.45, 7) is 1.30. The molecule has 2 heterocycles. The average molecular weight is 373 g/mol. The van der Waals surface area contributed by atoms with Gasteiger partial charge in [-0.15, -0.1) is 0 Å². The van der Waals surface area contributed by atoms with Crippen molar-refractivity contribution < 1.29 is 9.59 Å². The second kappa shape index (κ2) is 8.21. The van der Waals surface area contributed by atoms with Gasteiger partial charge in [-0.05, 0) is 35.9 Å². The van der Waals surface area contributed by atoms with Gasteiger partial charge < -0.3 is 10.2 Å². The van der Waals surface area contributed by atoms with Crippen molar-refractivity contribution in [3.8, 4) is 0 Å². The molecule has 0 aliphatic carbocycles. The summed E-state index contributed by atoms with van der Waals surface area (Å²) in [6, 6.07) is 17.6. The van der Waals surface area contributed by atoms with Gasteiger partial charge in [0.05, 0.1) is 6.04 Å². The van der Waals surface area contributed by atoms with Crippen molar-refractivity contribution in [1.29, 1.82) is 0 Å². The fourth-order valence-electron chi connectivity index (χ4n) is 3.79. The van der Waals surface area contributed by atoms with E-state index >= 15 is 0 Å². The Balaban J connectivity index is 1.34. The molecule has 1 saturated heterocycles. The van der Waals surface area contributed by atoms with Gasteiger partial charge in [-0.3, -0.25) is 14.6 Å². The van der Waals surface area contributed by atoms with Gasteiger partial charge in [0.25, 0.3) is 5.91 Å². The lowest BCUT2D eigenvalue weighted by molar-refractivity contribution is -0.127. The topological polar surface area (TPSA) is 62.3 Å². The summed E-state index contributed by atoms with van der Waals surface area (Å²) in [5, 5.41) is 4.84. The molecule has 1 atom stereocenters. The van der Waals surface area contributed by atoms with E-state index in [9.17, 15) is 9.59 Å². The van der Waals surface area contributed by atoms with E-state index in [0.29, 0.717) is 18.5 Å². The molecule has 5 heteroatoms. The minimum absolute atomic E-state index is 0.112. The minimum atomic E-state index is -0.145. The normalized spacial score (nSPS) is 16.5. The molecule has 2 aromatic carbocycles. The first kappa shape index (κ1) is 18.2. The van der Waals surface area contributed by atoms with Crippen LogP contribution < -0.4 is 5.32 Å². The number of pyridine rings is 1. The summed E-state index contributed by atoms with van der Waals surface area (Å²) in [6.07, 6.45) is 5.67. The number of benzene rings is 2. The Morgan fingerprint density at radius 1 is 1.11 bits per heavy atom. The molecule has 0 bridgehead atoms. The number of carbonyl (C=O) groups excluding carboxylic acids is 2. The Morgan fingerprint density at radius 2 is 1.96 bits per heavy atom. The first-order valence-corrected chi connectivity index (χ1v) is 9.66. The van der Waals surface area contributed by atoms with Gasteiger partial charge in [0.15, 0.2) is 0 Å². The van der Waals surface area contributed by atoms with Crippen LogP contribution in [-0.2, 0) is 11.2 Å². The molecule has 28 heavy (non-hydrogen) atoms. The highest BCUT2D eigenvalue weighted by molar-refractivity contribution is 6.07. The molecule has 4 rings (SSSR count). The molecular weight excluding hydrogens is 350 g/mol. The maximum Gasteiger partial charge on any atom is 0.252 e. The lowest BCUT2D eigenvalue weighted by Crippen LogP contribution is -2.37. The predicted molar refractivity (Wildman–Crippen MR) is 109 cm³/mol. The second-order valence-corrected chi connectivity index (χ2v) is 7.21. The van der Waals surface area contributed by atoms with Crippen LogP contribution in [0.3, 0.4) is 0 Å². The zero-order valence-corrected chi connectivity index (χ0v) is 15.7. The molecule has 0 spiro atoms. The van der Waals surface area contributed by atoms with E-state index < -0.39 is 0 Å². The highest BCUT2D eigenvalue weighted by Gasteiger charge is 2.30. The molecule has 5 nitrogen and oxygen atoms in total. The zero-order chi connectivity index (χ0) is 19.3. The fourth-order valence-corrected chi connectivity index (χ4v) is 3.79. The number of aryl methyl sites for hydroxylation is 1. The number of carbonyl (C=O) groups is 2. The number of hydrogen-bond donors (Lipinski definition) is 1. The molecule has 0 saturated carbocycles. The SMILES string of the molecule is O=C(N[C@@H]1CC(=O)N(CCCc2ccccc2)C1)c1cccc2cnccc12. The summed E-state index contributed by atoms with van der Waals surface area (Å²) in [7, 11) is 0. The van der Waals surface area contributed by atoms with E-state index in [1.165, 1.54) is 5.56 Å². The summed E-state index contributed by atoms with van der Waals surface area (Å²) in [5.74, 6) is -0.0267. The number of nitrogens with zero attached hydrogens (tertiary/aromatic N) is 2. The van der Waals surface area contributed by atoms with Crippen molar-refractivity contribution in [2.24, 2.45) is 0 Å². The van der Waals surface area contributed by atoms with E-state index in [1.54, 1.807) is 12.4 Å². The number of amides is 2. The first-order chi connectivity index (χ1) is 13.7. The molecule has 2 amide bonds. The van der Waals surface area contributed by atoms with Gasteiger partial charge >= 0.3 is 0 Å². The summed E-state index contributed by atoms with van der Waals surface area (Å²) >= 11 is 0. The minimum Gasteiger partial charge on any atom is -0.347 e. The maximum absolute atomic E-state index is 12.8. The molecule has 1 aromatic heterocycles. The monoisotopic (exact) mass is 373 g/mol. The molecule has 142 valence electrons. The van der Waals surface area contributed by atoms with Gasteiger partial charge in [-0.1, -0.05) is 42.5 Å². The quantitative estimate of drug-likeness (QED) is 0.722. The number of rotatable bonds is 6. The fraction of sp³-hybridized carbons (Fsp3) is 0.261. The van der Waals surface area contributed by atoms with Crippen LogP contribution in [0.2, 0.25) is 0 Å². The van der Waals surface area contributed by atoms with E-state index in [2.05, 4.69) is 22.4 Å². The molecule has 1 N–H and O–H groups in total. The smallest absolute Gasteiger partial charge is 0.252 e. The molecule has 1 aliphatic rings. The second-order valence-electron chi connectivity index (χ2n) is 7.21. The van der Waals surface area contributed by atoms with Gasteiger partial charge in [-0.25, -0.2) is 0 Å². The van der Waals surface area contributed by atoms with Crippen LogP contribution in [0, 0.1) is 0 Å². The van der Waals surface area contributed by atoms with Crippen molar-refractivity contribution in [2.45, 2.75) is 25.3 Å². The van der Waals surface area contributed by atoms with Gasteiger partial charge in [-0.2, -0.15) is 0 Å². The van der Waals surface area contributed by atoms with Gasteiger partial charge in [0.1, 0.15) is 0 Å². The van der Waals surface area contributed by atoms with E-state index in [-0.39, 0.29) is 17.9 Å². The molecule has 1 fully saturated rings. The van der Waals surface area contributed by atoms with Crippen molar-refractivity contribution in [3.05, 3.63) is 78.1 Å². The van der Waals surface area contributed by atoms with Gasteiger partial charge in [0, 0.05) is 42.9 Å². The van der Waals surface area contributed by atoms with Crippen LogP contribution in [-0.4, -0.2) is 40.8 Å². The highest BCUT2D eigenvalue weighted by Crippen LogP contribution is 2.19. The van der Waals surface area contributed by atoms with E-state index in [0.717, 1.165) is 30.2 Å². The third-order valence-corrected chi connectivity index (χ3v) is 5.21. The lowest BCUT2D eigenvalue weighted by atomic mass is 10.1. The van der Waals surface area contributed by atoms with Crippen molar-refractivity contribution in [1.82, 2.24) is 15.2 Å². The van der Waals surface area contributed by atoms with Crippen LogP contribution in [0.4, 0.5) is 0 Å². The Morgan fingerprint density at radius 3 is 2.82 bits per heavy atom. The lowest BCUT2D eigenvalue weighted by Gasteiger charge is -2.17. The van der Waals surface area contributed by atoms with Gasteiger partial charge in [0.2, 0.25) is 5.91 Å². The third-order valence-electron chi connectivity index (χ3n) is 5.21. The largest absolute Gasteiger partial charge is 0.347 e. The van der Waals surface area contributed by atoms with Crippen molar-refractivity contribution >= 4 is 22.6 Å². The number of likely N-dealkylation sites (tertiary alicyclic amines) is 1. The third kappa shape index (κ3) is 4.03. The summed E-state index contributed by atoms with van der Waals surface area (Å²) < 4.78 is 0. The van der Waals surface area contributed by atoms with Crippen molar-refractivity contribution in [3.63, 3.8) is 0 Å². The molecule has 0 unspecified atom stereocenters. The van der Waals surface area contributed by atoms with Crippen LogP contribution >= 0.6 is 0 Å².